The number of halogens is 1. The molecule has 1 fully saturated rings. The number of hydrogen-bond donors (Lipinski definition) is 1. The first-order chi connectivity index (χ1) is 11.2. The van der Waals surface area contributed by atoms with Crippen LogP contribution in [0.15, 0.2) is 23.5 Å². The van der Waals surface area contributed by atoms with Crippen LogP contribution in [-0.4, -0.2) is 66.6 Å². The Morgan fingerprint density at radius 3 is 2.79 bits per heavy atom. The zero-order valence-corrected chi connectivity index (χ0v) is 17.8. The number of guanidine groups is 1. The Labute approximate surface area is 163 Å². The van der Waals surface area contributed by atoms with Crippen molar-refractivity contribution in [2.24, 2.45) is 4.99 Å². The molecule has 1 unspecified atom stereocenters. The van der Waals surface area contributed by atoms with Gasteiger partial charge in [0.05, 0.1) is 0 Å². The van der Waals surface area contributed by atoms with Crippen molar-refractivity contribution >= 4 is 29.9 Å². The van der Waals surface area contributed by atoms with Crippen molar-refractivity contribution < 1.29 is 0 Å². The predicted octanol–water partition coefficient (Wildman–Crippen LogP) is 2.54. The molecule has 2 rings (SSSR count). The average molecular weight is 445 g/mol. The fraction of sp³-hybridized carbons (Fsp3) is 0.667. The zero-order valence-electron chi connectivity index (χ0n) is 15.5. The van der Waals surface area contributed by atoms with Gasteiger partial charge in [-0.25, -0.2) is 0 Å². The first-order valence-electron chi connectivity index (χ1n) is 8.78. The predicted molar refractivity (Wildman–Crippen MR) is 112 cm³/mol. The molecule has 24 heavy (non-hydrogen) atoms. The molecule has 1 aliphatic rings. The highest BCUT2D eigenvalue weighted by atomic mass is 127. The second-order valence-electron chi connectivity index (χ2n) is 6.14. The largest absolute Gasteiger partial charge is 0.356 e. The van der Waals surface area contributed by atoms with Gasteiger partial charge in [0.1, 0.15) is 0 Å². The maximum absolute atomic E-state index is 4.47. The molecule has 0 radical (unpaired) electrons. The Bertz CT molecular complexity index is 516. The molecule has 5 nitrogen and oxygen atoms in total. The van der Waals surface area contributed by atoms with Crippen LogP contribution in [-0.2, 0) is 6.42 Å². The highest BCUT2D eigenvalue weighted by Gasteiger charge is 2.27. The van der Waals surface area contributed by atoms with E-state index in [2.05, 4.69) is 51.9 Å². The smallest absolute Gasteiger partial charge is 0.193 e. The van der Waals surface area contributed by atoms with Crippen LogP contribution < -0.4 is 5.32 Å². The van der Waals surface area contributed by atoms with Crippen LogP contribution in [0.2, 0.25) is 0 Å². The lowest BCUT2D eigenvalue weighted by Crippen LogP contribution is -2.43. The fourth-order valence-electron chi connectivity index (χ4n) is 3.40. The molecule has 0 bridgehead atoms. The van der Waals surface area contributed by atoms with Crippen molar-refractivity contribution in [3.63, 3.8) is 0 Å². The molecular weight excluding hydrogens is 413 g/mol. The van der Waals surface area contributed by atoms with Crippen LogP contribution in [0.1, 0.15) is 31.4 Å². The molecule has 0 saturated carbocycles. The van der Waals surface area contributed by atoms with E-state index in [0.29, 0.717) is 6.04 Å². The SMILES string of the molecule is CCN(CC)C1CCN(C(=NC)NCCc2ccncc2C)C1.I. The molecular formula is C18H32IN5. The summed E-state index contributed by atoms with van der Waals surface area (Å²) in [5.41, 5.74) is 2.61. The normalized spacial score (nSPS) is 18.0. The quantitative estimate of drug-likeness (QED) is 0.415. The number of likely N-dealkylation sites (N-methyl/N-ethyl adjacent to an activating group) is 1. The summed E-state index contributed by atoms with van der Waals surface area (Å²) < 4.78 is 0. The number of likely N-dealkylation sites (tertiary alicyclic amines) is 1. The van der Waals surface area contributed by atoms with Crippen molar-refractivity contribution in [1.29, 1.82) is 0 Å². The molecule has 1 aliphatic heterocycles. The Kier molecular flexibility index (Phi) is 9.58. The highest BCUT2D eigenvalue weighted by Crippen LogP contribution is 2.15. The van der Waals surface area contributed by atoms with Gasteiger partial charge in [-0.15, -0.1) is 24.0 Å². The molecule has 1 saturated heterocycles. The number of aromatic nitrogens is 1. The minimum Gasteiger partial charge on any atom is -0.356 e. The molecule has 1 aromatic heterocycles. The van der Waals surface area contributed by atoms with Gasteiger partial charge in [-0.2, -0.15) is 0 Å². The second kappa shape index (κ2) is 10.9. The van der Waals surface area contributed by atoms with Gasteiger partial charge in [0, 0.05) is 45.1 Å². The van der Waals surface area contributed by atoms with Gasteiger partial charge in [-0.1, -0.05) is 13.8 Å². The minimum absolute atomic E-state index is 0. The summed E-state index contributed by atoms with van der Waals surface area (Å²) in [4.78, 5) is 13.6. The number of aliphatic imine (C=N–C) groups is 1. The van der Waals surface area contributed by atoms with E-state index >= 15 is 0 Å². The number of pyridine rings is 1. The van der Waals surface area contributed by atoms with Gasteiger partial charge in [0.2, 0.25) is 0 Å². The second-order valence-corrected chi connectivity index (χ2v) is 6.14. The Hall–Kier alpha value is -0.890. The number of hydrogen-bond acceptors (Lipinski definition) is 3. The van der Waals surface area contributed by atoms with Crippen molar-refractivity contribution in [3.05, 3.63) is 29.6 Å². The van der Waals surface area contributed by atoms with E-state index in [1.807, 2.05) is 19.4 Å². The lowest BCUT2D eigenvalue weighted by Gasteiger charge is -2.27. The summed E-state index contributed by atoms with van der Waals surface area (Å²) in [5, 5.41) is 3.52. The van der Waals surface area contributed by atoms with Gasteiger partial charge in [0.15, 0.2) is 5.96 Å². The van der Waals surface area contributed by atoms with E-state index in [4.69, 9.17) is 0 Å². The van der Waals surface area contributed by atoms with Crippen LogP contribution in [0.3, 0.4) is 0 Å². The number of nitrogens with one attached hydrogen (secondary N) is 1. The molecule has 1 aromatic rings. The third-order valence-corrected chi connectivity index (χ3v) is 4.82. The van der Waals surface area contributed by atoms with Crippen LogP contribution >= 0.6 is 24.0 Å². The zero-order chi connectivity index (χ0) is 16.7. The summed E-state index contributed by atoms with van der Waals surface area (Å²) in [6.07, 6.45) is 6.03. The lowest BCUT2D eigenvalue weighted by molar-refractivity contribution is 0.223. The molecule has 1 N–H and O–H groups in total. The van der Waals surface area contributed by atoms with Crippen LogP contribution in [0.4, 0.5) is 0 Å². The number of rotatable bonds is 6. The van der Waals surface area contributed by atoms with Crippen LogP contribution in [0.5, 0.6) is 0 Å². The summed E-state index contributed by atoms with van der Waals surface area (Å²) in [7, 11) is 1.88. The maximum Gasteiger partial charge on any atom is 0.193 e. The standard InChI is InChI=1S/C18H31N5.HI/c1-5-22(6-2)17-9-12-23(14-17)18(19-4)21-11-8-16-7-10-20-13-15(16)3;/h7,10,13,17H,5-6,8-9,11-12,14H2,1-4H3,(H,19,21);1H. The topological polar surface area (TPSA) is 43.8 Å². The summed E-state index contributed by atoms with van der Waals surface area (Å²) >= 11 is 0. The third-order valence-electron chi connectivity index (χ3n) is 4.82. The van der Waals surface area contributed by atoms with Crippen molar-refractivity contribution in [2.45, 2.75) is 39.7 Å². The monoisotopic (exact) mass is 445 g/mol. The molecule has 0 amide bonds. The van der Waals surface area contributed by atoms with Crippen molar-refractivity contribution in [2.75, 3.05) is 39.8 Å². The van der Waals surface area contributed by atoms with E-state index in [0.717, 1.165) is 45.1 Å². The third kappa shape index (κ3) is 5.58. The fourth-order valence-corrected chi connectivity index (χ4v) is 3.40. The van der Waals surface area contributed by atoms with E-state index in [9.17, 15) is 0 Å². The van der Waals surface area contributed by atoms with E-state index < -0.39 is 0 Å². The molecule has 0 aromatic carbocycles. The highest BCUT2D eigenvalue weighted by molar-refractivity contribution is 14.0. The molecule has 2 heterocycles. The summed E-state index contributed by atoms with van der Waals surface area (Å²) in [6, 6.07) is 2.76. The van der Waals surface area contributed by atoms with E-state index in [1.165, 1.54) is 17.5 Å². The molecule has 0 aliphatic carbocycles. The van der Waals surface area contributed by atoms with Gasteiger partial charge in [-0.3, -0.25) is 14.9 Å². The molecule has 6 heteroatoms. The Balaban J connectivity index is 0.00000288. The Morgan fingerprint density at radius 1 is 1.42 bits per heavy atom. The number of aryl methyl sites for hydroxylation is 1. The Morgan fingerprint density at radius 2 is 2.17 bits per heavy atom. The maximum atomic E-state index is 4.47. The van der Waals surface area contributed by atoms with Crippen LogP contribution in [0, 0.1) is 6.92 Å². The van der Waals surface area contributed by atoms with E-state index in [1.54, 1.807) is 0 Å². The van der Waals surface area contributed by atoms with Crippen molar-refractivity contribution in [1.82, 2.24) is 20.1 Å². The summed E-state index contributed by atoms with van der Waals surface area (Å²) in [6.45, 7) is 11.9. The summed E-state index contributed by atoms with van der Waals surface area (Å²) in [5.74, 6) is 1.03. The first kappa shape index (κ1) is 21.2. The van der Waals surface area contributed by atoms with Crippen molar-refractivity contribution in [3.8, 4) is 0 Å². The van der Waals surface area contributed by atoms with E-state index in [-0.39, 0.29) is 24.0 Å². The molecule has 136 valence electrons. The first-order valence-corrected chi connectivity index (χ1v) is 8.78. The van der Waals surface area contributed by atoms with Gasteiger partial charge in [0.25, 0.3) is 0 Å². The molecule has 1 atom stereocenters. The molecule has 0 spiro atoms. The van der Waals surface area contributed by atoms with Gasteiger partial charge in [-0.05, 0) is 50.0 Å². The number of nitrogens with zero attached hydrogens (tertiary/aromatic N) is 4. The van der Waals surface area contributed by atoms with Gasteiger partial charge >= 0.3 is 0 Å². The minimum atomic E-state index is 0. The van der Waals surface area contributed by atoms with Crippen LogP contribution in [0.25, 0.3) is 0 Å². The average Bonchev–Trinajstić information content (AvgIpc) is 3.04. The van der Waals surface area contributed by atoms with Gasteiger partial charge < -0.3 is 10.2 Å². The lowest BCUT2D eigenvalue weighted by atomic mass is 10.1.